The molecule has 0 saturated carbocycles. The molecule has 0 amide bonds. The van der Waals surface area contributed by atoms with Gasteiger partial charge in [-0.25, -0.2) is 19.2 Å². The molecule has 16 heteroatoms. The molecule has 4 N–H and O–H groups in total. The van der Waals surface area contributed by atoms with Crippen molar-refractivity contribution in [2.45, 2.75) is 51.0 Å². The molecule has 3 heterocycles. The van der Waals surface area contributed by atoms with Crippen LogP contribution in [-0.4, -0.2) is 70.6 Å². The monoisotopic (exact) mass is 604 g/mol. The van der Waals surface area contributed by atoms with Gasteiger partial charge in [0.15, 0.2) is 11.9 Å². The highest BCUT2D eigenvalue weighted by Crippen LogP contribution is 2.50. The standard InChI is InChI=1S/C26H33N6O9P/c1-16(23(35)37-5)30-42(36,31-19-9-7-6-8-10-19)39-13-25(4)24(40-17(2)33)26(14-38-25,41-18(3)34)21-12-11-20-22(27)28-15-29-32(20)21/h6-12,15-16,24H,13-14H2,1-5H3,(H2,27,28,29)(H2,30,31,36)/t16-,24+,25+,26+,42?/m0/s1. The summed E-state index contributed by atoms with van der Waals surface area (Å²) in [7, 11) is -2.87. The van der Waals surface area contributed by atoms with Crippen molar-refractivity contribution in [1.82, 2.24) is 19.7 Å². The number of nitrogens with two attached hydrogens (primary N) is 1. The van der Waals surface area contributed by atoms with Gasteiger partial charge in [0.2, 0.25) is 5.60 Å². The Balaban J connectivity index is 1.74. The number of anilines is 2. The summed E-state index contributed by atoms with van der Waals surface area (Å²) in [5.41, 5.74) is 3.91. The number of hydrogen-bond acceptors (Lipinski definition) is 12. The normalized spacial score (nSPS) is 24.0. The first-order chi connectivity index (χ1) is 19.8. The Labute approximate surface area is 241 Å². The summed E-state index contributed by atoms with van der Waals surface area (Å²) in [4.78, 5) is 41.0. The minimum Gasteiger partial charge on any atom is -0.468 e. The molecule has 1 aliphatic rings. The number of carbonyl (C=O) groups excluding carboxylic acids is 3. The number of nitrogen functional groups attached to an aromatic ring is 1. The lowest BCUT2D eigenvalue weighted by Gasteiger charge is -2.37. The second kappa shape index (κ2) is 12.1. The quantitative estimate of drug-likeness (QED) is 0.164. The fraction of sp³-hybridized carbons (Fsp3) is 0.423. The summed E-state index contributed by atoms with van der Waals surface area (Å²) in [6, 6.07) is 10.7. The van der Waals surface area contributed by atoms with E-state index >= 15 is 0 Å². The summed E-state index contributed by atoms with van der Waals surface area (Å²) in [6.45, 7) is 4.67. The number of benzene rings is 1. The van der Waals surface area contributed by atoms with E-state index in [1.54, 1.807) is 49.4 Å². The number of carbonyl (C=O) groups is 3. The van der Waals surface area contributed by atoms with Crippen LogP contribution < -0.4 is 15.9 Å². The smallest absolute Gasteiger partial charge is 0.366 e. The van der Waals surface area contributed by atoms with Crippen LogP contribution >= 0.6 is 7.67 Å². The number of fused-ring (bicyclic) bond motifs is 1. The molecule has 3 aromatic rings. The van der Waals surface area contributed by atoms with Crippen molar-refractivity contribution in [1.29, 1.82) is 0 Å². The molecule has 0 aliphatic carbocycles. The number of methoxy groups -OCH3 is 1. The first-order valence-corrected chi connectivity index (χ1v) is 14.5. The summed E-state index contributed by atoms with van der Waals surface area (Å²) >= 11 is 0. The van der Waals surface area contributed by atoms with Crippen LogP contribution in [0.4, 0.5) is 11.5 Å². The van der Waals surface area contributed by atoms with Gasteiger partial charge in [-0.1, -0.05) is 18.2 Å². The number of nitrogens with one attached hydrogen (secondary N) is 2. The minimum atomic E-state index is -4.07. The van der Waals surface area contributed by atoms with E-state index in [0.29, 0.717) is 16.9 Å². The Morgan fingerprint density at radius 3 is 2.55 bits per heavy atom. The maximum Gasteiger partial charge on any atom is 0.366 e. The van der Waals surface area contributed by atoms with Crippen LogP contribution in [0.5, 0.6) is 0 Å². The Morgan fingerprint density at radius 1 is 1.19 bits per heavy atom. The number of rotatable bonds is 11. The number of para-hydroxylation sites is 1. The Morgan fingerprint density at radius 2 is 1.90 bits per heavy atom. The van der Waals surface area contributed by atoms with Gasteiger partial charge in [0.25, 0.3) is 0 Å². The minimum absolute atomic E-state index is 0.169. The van der Waals surface area contributed by atoms with Gasteiger partial charge in [-0.05, 0) is 38.1 Å². The van der Waals surface area contributed by atoms with Crippen molar-refractivity contribution in [3.05, 3.63) is 54.5 Å². The van der Waals surface area contributed by atoms with E-state index in [9.17, 15) is 18.9 Å². The van der Waals surface area contributed by atoms with Crippen molar-refractivity contribution in [2.75, 3.05) is 31.1 Å². The SMILES string of the molecule is COC(=O)[C@H](C)NP(=O)(Nc1ccccc1)OC[C@@]1(C)OC[C@@](OC(C)=O)(c2ccc3c(N)ncnn23)[C@@H]1OC(C)=O. The lowest BCUT2D eigenvalue weighted by molar-refractivity contribution is -0.186. The summed E-state index contributed by atoms with van der Waals surface area (Å²) < 4.78 is 44.0. The van der Waals surface area contributed by atoms with Gasteiger partial charge >= 0.3 is 25.6 Å². The first kappa shape index (κ1) is 30.9. The largest absolute Gasteiger partial charge is 0.468 e. The average molecular weight is 605 g/mol. The highest BCUT2D eigenvalue weighted by Gasteiger charge is 2.64. The van der Waals surface area contributed by atoms with E-state index in [4.69, 9.17) is 29.2 Å². The zero-order chi connectivity index (χ0) is 30.7. The lowest BCUT2D eigenvalue weighted by atomic mass is 9.86. The fourth-order valence-corrected chi connectivity index (χ4v) is 6.53. The van der Waals surface area contributed by atoms with Crippen LogP contribution in [0, 0.1) is 0 Å². The molecule has 1 aliphatic heterocycles. The van der Waals surface area contributed by atoms with Crippen molar-refractivity contribution < 1.29 is 42.4 Å². The van der Waals surface area contributed by atoms with E-state index in [0.717, 1.165) is 0 Å². The van der Waals surface area contributed by atoms with Gasteiger partial charge in [0, 0.05) is 19.5 Å². The highest BCUT2D eigenvalue weighted by molar-refractivity contribution is 7.58. The predicted molar refractivity (Wildman–Crippen MR) is 149 cm³/mol. The molecular formula is C26H33N6O9P. The van der Waals surface area contributed by atoms with Crippen LogP contribution in [0.1, 0.15) is 33.4 Å². The molecule has 4 rings (SSSR count). The van der Waals surface area contributed by atoms with Crippen LogP contribution in [-0.2, 0) is 48.0 Å². The summed E-state index contributed by atoms with van der Waals surface area (Å²) in [6.07, 6.45) is -0.0877. The first-order valence-electron chi connectivity index (χ1n) is 12.9. The molecule has 1 aromatic carbocycles. The summed E-state index contributed by atoms with van der Waals surface area (Å²) in [5.74, 6) is -1.90. The molecule has 226 valence electrons. The van der Waals surface area contributed by atoms with Crippen LogP contribution in [0.3, 0.4) is 0 Å². The molecule has 2 aromatic heterocycles. The summed E-state index contributed by atoms with van der Waals surface area (Å²) in [5, 5.41) is 9.72. The van der Waals surface area contributed by atoms with E-state index in [1.807, 2.05) is 0 Å². The molecular weight excluding hydrogens is 571 g/mol. The Kier molecular flexibility index (Phi) is 8.87. The second-order valence-corrected chi connectivity index (χ2v) is 11.8. The zero-order valence-corrected chi connectivity index (χ0v) is 24.6. The number of hydrogen-bond donors (Lipinski definition) is 3. The molecule has 1 fully saturated rings. The van der Waals surface area contributed by atoms with Gasteiger partial charge < -0.3 is 29.8 Å². The fourth-order valence-electron chi connectivity index (χ4n) is 4.78. The van der Waals surface area contributed by atoms with Crippen molar-refractivity contribution in [2.24, 2.45) is 0 Å². The average Bonchev–Trinajstić information content (AvgIpc) is 3.49. The highest BCUT2D eigenvalue weighted by atomic mass is 31.2. The van der Waals surface area contributed by atoms with Gasteiger partial charge in [0.05, 0.1) is 26.0 Å². The van der Waals surface area contributed by atoms with Crippen molar-refractivity contribution in [3.63, 3.8) is 0 Å². The van der Waals surface area contributed by atoms with E-state index in [1.165, 1.54) is 38.7 Å². The van der Waals surface area contributed by atoms with Gasteiger partial charge in [-0.15, -0.1) is 0 Å². The molecule has 0 spiro atoms. The molecule has 0 bridgehead atoms. The van der Waals surface area contributed by atoms with Crippen LogP contribution in [0.25, 0.3) is 5.52 Å². The molecule has 15 nitrogen and oxygen atoms in total. The van der Waals surface area contributed by atoms with E-state index in [2.05, 4.69) is 20.3 Å². The Bertz CT molecular complexity index is 1520. The maximum absolute atomic E-state index is 14.1. The molecule has 0 radical (unpaired) electrons. The second-order valence-electron chi connectivity index (χ2n) is 9.91. The van der Waals surface area contributed by atoms with Gasteiger partial charge in [-0.2, -0.15) is 5.10 Å². The van der Waals surface area contributed by atoms with E-state index in [-0.39, 0.29) is 12.4 Å². The molecule has 1 unspecified atom stereocenters. The predicted octanol–water partition coefficient (Wildman–Crippen LogP) is 2.18. The number of aromatic nitrogens is 3. The topological polar surface area (TPSA) is 195 Å². The lowest BCUT2D eigenvalue weighted by Crippen LogP contribution is -2.54. The zero-order valence-electron chi connectivity index (χ0n) is 23.7. The van der Waals surface area contributed by atoms with E-state index < -0.39 is 55.5 Å². The van der Waals surface area contributed by atoms with Gasteiger partial charge in [-0.3, -0.25) is 18.9 Å². The maximum atomic E-state index is 14.1. The Hall–Kier alpha value is -4.04. The van der Waals surface area contributed by atoms with Gasteiger partial charge in [0.1, 0.15) is 23.5 Å². The van der Waals surface area contributed by atoms with Crippen molar-refractivity contribution >= 4 is 42.6 Å². The third-order valence-electron chi connectivity index (χ3n) is 6.62. The van der Waals surface area contributed by atoms with Crippen LogP contribution in [0.15, 0.2) is 48.8 Å². The third kappa shape index (κ3) is 6.23. The molecule has 5 atom stereocenters. The number of ether oxygens (including phenoxy) is 4. The van der Waals surface area contributed by atoms with Crippen molar-refractivity contribution in [3.8, 4) is 0 Å². The molecule has 1 saturated heterocycles. The molecule has 42 heavy (non-hydrogen) atoms. The number of nitrogens with zero attached hydrogens (tertiary/aromatic N) is 3. The number of esters is 3. The van der Waals surface area contributed by atoms with Crippen LogP contribution in [0.2, 0.25) is 0 Å². The third-order valence-corrected chi connectivity index (χ3v) is 8.39.